The zero-order valence-corrected chi connectivity index (χ0v) is 19.8. The number of nitrogens with one attached hydrogen (secondary N) is 3. The molecule has 0 spiro atoms. The summed E-state index contributed by atoms with van der Waals surface area (Å²) < 4.78 is 11.2. The van der Waals surface area contributed by atoms with Crippen LogP contribution in [0.15, 0.2) is 42.7 Å². The van der Waals surface area contributed by atoms with Gasteiger partial charge in [-0.3, -0.25) is 9.59 Å². The number of aliphatic hydroxyl groups is 2. The van der Waals surface area contributed by atoms with Crippen molar-refractivity contribution in [3.8, 4) is 23.8 Å². The fraction of sp³-hybridized carbons (Fsp3) is 0.280. The summed E-state index contributed by atoms with van der Waals surface area (Å²) in [5.41, 5.74) is 2.08. The third-order valence-corrected chi connectivity index (χ3v) is 5.06. The first kappa shape index (κ1) is 26.2. The van der Waals surface area contributed by atoms with Gasteiger partial charge >= 0.3 is 0 Å². The molecule has 2 atom stereocenters. The number of fused-ring (bicyclic) bond motifs is 1. The molecule has 0 bridgehead atoms. The zero-order chi connectivity index (χ0) is 26.1. The van der Waals surface area contributed by atoms with Gasteiger partial charge in [-0.1, -0.05) is 12.0 Å². The maximum absolute atomic E-state index is 12.0. The molecule has 11 nitrogen and oxygen atoms in total. The van der Waals surface area contributed by atoms with Crippen molar-refractivity contribution in [2.24, 2.45) is 0 Å². The number of likely N-dealkylation sites (N-methyl/N-ethyl adjacent to an activating group) is 1. The van der Waals surface area contributed by atoms with Gasteiger partial charge in [0.25, 0.3) is 11.8 Å². The lowest BCUT2D eigenvalue weighted by atomic mass is 10.1. The Morgan fingerprint density at radius 2 is 1.83 bits per heavy atom. The van der Waals surface area contributed by atoms with E-state index >= 15 is 0 Å². The summed E-state index contributed by atoms with van der Waals surface area (Å²) in [6.45, 7) is 1.91. The van der Waals surface area contributed by atoms with Gasteiger partial charge in [-0.05, 0) is 31.2 Å². The second kappa shape index (κ2) is 12.3. The molecule has 36 heavy (non-hydrogen) atoms. The number of benzene rings is 2. The molecule has 1 heterocycles. The maximum atomic E-state index is 12.0. The van der Waals surface area contributed by atoms with Crippen LogP contribution in [0.25, 0.3) is 10.9 Å². The molecule has 188 valence electrons. The minimum Gasteiger partial charge on any atom is -0.493 e. The summed E-state index contributed by atoms with van der Waals surface area (Å²) in [5.74, 6) is 2.16. The quantitative estimate of drug-likeness (QED) is 0.192. The first-order valence-electron chi connectivity index (χ1n) is 11.1. The molecule has 0 radical (unpaired) electrons. The number of anilines is 2. The van der Waals surface area contributed by atoms with Crippen LogP contribution in [0, 0.1) is 12.3 Å². The van der Waals surface area contributed by atoms with Crippen molar-refractivity contribution in [3.05, 3.63) is 48.3 Å². The van der Waals surface area contributed by atoms with Gasteiger partial charge < -0.3 is 35.6 Å². The molecule has 0 unspecified atom stereocenters. The van der Waals surface area contributed by atoms with Crippen LogP contribution in [0.3, 0.4) is 0 Å². The molecular formula is C25H27N5O6. The fourth-order valence-electron chi connectivity index (χ4n) is 3.26. The summed E-state index contributed by atoms with van der Waals surface area (Å²) in [6.07, 6.45) is 3.12. The number of methoxy groups -OCH3 is 1. The number of rotatable bonds is 11. The average Bonchev–Trinajstić information content (AvgIpc) is 2.90. The third-order valence-electron chi connectivity index (χ3n) is 5.06. The summed E-state index contributed by atoms with van der Waals surface area (Å²) in [7, 11) is 1.49. The van der Waals surface area contributed by atoms with Crippen LogP contribution >= 0.6 is 0 Å². The molecular weight excluding hydrogens is 466 g/mol. The second-order valence-electron chi connectivity index (χ2n) is 7.52. The van der Waals surface area contributed by atoms with Gasteiger partial charge in [0.2, 0.25) is 0 Å². The lowest BCUT2D eigenvalue weighted by Gasteiger charge is -2.17. The number of amides is 2. The Labute approximate surface area is 207 Å². The van der Waals surface area contributed by atoms with Crippen LogP contribution in [0.1, 0.15) is 12.5 Å². The SMILES string of the molecule is C#Cc1cccc(Nc2ncnc3cc(OC)c(OCCNC(=O)[C@@H](O)[C@H](O)C(=O)NCC)cc23)c1. The van der Waals surface area contributed by atoms with E-state index in [1.54, 1.807) is 19.1 Å². The Hall–Kier alpha value is -4.40. The molecule has 3 rings (SSSR count). The smallest absolute Gasteiger partial charge is 0.252 e. The largest absolute Gasteiger partial charge is 0.493 e. The fourth-order valence-corrected chi connectivity index (χ4v) is 3.26. The standard InChI is InChI=1S/C25H27N5O6/c1-4-15-7-6-8-16(11-15)30-23-17-12-20(19(35-3)13-18(17)28-14-29-23)36-10-9-27-25(34)22(32)21(31)24(33)26-5-2/h1,6-8,11-14,21-22,31-32H,5,9-10H2,2-3H3,(H,26,33)(H,27,34)(H,28,29,30)/t21-,22-/m0/s1. The first-order valence-corrected chi connectivity index (χ1v) is 11.1. The van der Waals surface area contributed by atoms with Gasteiger partial charge in [-0.15, -0.1) is 6.42 Å². The van der Waals surface area contributed by atoms with E-state index in [1.165, 1.54) is 13.4 Å². The molecule has 0 fully saturated rings. The van der Waals surface area contributed by atoms with Crippen LogP contribution < -0.4 is 25.4 Å². The van der Waals surface area contributed by atoms with Crippen LogP contribution in [0.4, 0.5) is 11.5 Å². The van der Waals surface area contributed by atoms with E-state index in [2.05, 4.69) is 31.8 Å². The lowest BCUT2D eigenvalue weighted by molar-refractivity contribution is -0.146. The zero-order valence-electron chi connectivity index (χ0n) is 19.8. The maximum Gasteiger partial charge on any atom is 0.252 e. The van der Waals surface area contributed by atoms with Gasteiger partial charge in [-0.25, -0.2) is 9.97 Å². The molecule has 2 aromatic carbocycles. The molecule has 0 saturated carbocycles. The topological polar surface area (TPSA) is 155 Å². The summed E-state index contributed by atoms with van der Waals surface area (Å²) in [6, 6.07) is 10.7. The Balaban J connectivity index is 1.70. The van der Waals surface area contributed by atoms with Gasteiger partial charge in [0.05, 0.1) is 19.2 Å². The van der Waals surface area contributed by atoms with Crippen molar-refractivity contribution in [1.82, 2.24) is 20.6 Å². The monoisotopic (exact) mass is 493 g/mol. The number of aromatic nitrogens is 2. The number of carbonyl (C=O) groups excluding carboxylic acids is 2. The minimum absolute atomic E-state index is 0.00548. The van der Waals surface area contributed by atoms with Crippen molar-refractivity contribution in [2.75, 3.05) is 32.1 Å². The number of carbonyl (C=O) groups is 2. The number of ether oxygens (including phenoxy) is 2. The Bertz CT molecular complexity index is 1280. The number of terminal acetylenes is 1. The third kappa shape index (κ3) is 6.38. The van der Waals surface area contributed by atoms with Crippen LogP contribution in [-0.2, 0) is 9.59 Å². The second-order valence-corrected chi connectivity index (χ2v) is 7.52. The van der Waals surface area contributed by atoms with Crippen molar-refractivity contribution in [1.29, 1.82) is 0 Å². The van der Waals surface area contributed by atoms with E-state index in [9.17, 15) is 19.8 Å². The number of hydrogen-bond acceptors (Lipinski definition) is 9. The highest BCUT2D eigenvalue weighted by molar-refractivity contribution is 5.93. The van der Waals surface area contributed by atoms with Crippen LogP contribution in [-0.4, -0.2) is 71.0 Å². The molecule has 1 aromatic heterocycles. The Morgan fingerprint density at radius 3 is 2.53 bits per heavy atom. The molecule has 5 N–H and O–H groups in total. The van der Waals surface area contributed by atoms with E-state index in [0.29, 0.717) is 28.2 Å². The number of hydrogen-bond donors (Lipinski definition) is 5. The molecule has 11 heteroatoms. The molecule has 2 amide bonds. The van der Waals surface area contributed by atoms with Gasteiger partial charge in [0.1, 0.15) is 18.8 Å². The highest BCUT2D eigenvalue weighted by atomic mass is 16.5. The van der Waals surface area contributed by atoms with E-state index in [4.69, 9.17) is 15.9 Å². The summed E-state index contributed by atoms with van der Waals surface area (Å²) in [4.78, 5) is 32.3. The van der Waals surface area contributed by atoms with Crippen molar-refractivity contribution in [2.45, 2.75) is 19.1 Å². The molecule has 3 aromatic rings. The van der Waals surface area contributed by atoms with Crippen molar-refractivity contribution in [3.63, 3.8) is 0 Å². The van der Waals surface area contributed by atoms with Gasteiger partial charge in [-0.2, -0.15) is 0 Å². The molecule has 0 aliphatic heterocycles. The average molecular weight is 494 g/mol. The van der Waals surface area contributed by atoms with E-state index in [-0.39, 0.29) is 19.7 Å². The normalized spacial score (nSPS) is 12.2. The summed E-state index contributed by atoms with van der Waals surface area (Å²) in [5, 5.41) is 28.2. The van der Waals surface area contributed by atoms with Gasteiger partial charge in [0.15, 0.2) is 23.7 Å². The number of nitrogens with zero attached hydrogens (tertiary/aromatic N) is 2. The lowest BCUT2D eigenvalue weighted by Crippen LogP contribution is -2.50. The molecule has 0 aliphatic carbocycles. The van der Waals surface area contributed by atoms with Crippen molar-refractivity contribution >= 4 is 34.2 Å². The van der Waals surface area contributed by atoms with Crippen molar-refractivity contribution < 1.29 is 29.3 Å². The predicted octanol–water partition coefficient (Wildman–Crippen LogP) is 0.716. The Kier molecular flexibility index (Phi) is 8.99. The van der Waals surface area contributed by atoms with E-state index in [1.807, 2.05) is 24.3 Å². The number of aliphatic hydroxyl groups excluding tert-OH is 2. The summed E-state index contributed by atoms with van der Waals surface area (Å²) >= 11 is 0. The minimum atomic E-state index is -1.91. The Morgan fingerprint density at radius 1 is 1.08 bits per heavy atom. The highest BCUT2D eigenvalue weighted by Gasteiger charge is 2.29. The first-order chi connectivity index (χ1) is 17.4. The molecule has 0 aliphatic rings. The predicted molar refractivity (Wildman–Crippen MR) is 133 cm³/mol. The van der Waals surface area contributed by atoms with Crippen LogP contribution in [0.2, 0.25) is 0 Å². The molecule has 0 saturated heterocycles. The van der Waals surface area contributed by atoms with Gasteiger partial charge in [0, 0.05) is 29.2 Å². The van der Waals surface area contributed by atoms with E-state index in [0.717, 1.165) is 11.3 Å². The van der Waals surface area contributed by atoms with Crippen LogP contribution in [0.5, 0.6) is 11.5 Å². The van der Waals surface area contributed by atoms with E-state index < -0.39 is 24.0 Å². The highest BCUT2D eigenvalue weighted by Crippen LogP contribution is 2.34.